The summed E-state index contributed by atoms with van der Waals surface area (Å²) in [4.78, 5) is 10.9. The van der Waals surface area contributed by atoms with Gasteiger partial charge < -0.3 is 19.7 Å². The SMILES string of the molecule is O=S(=O)(NCCNc1cc(N2CCOCC2)ncn1)c1ccc2c(c1)CCO2. The molecule has 0 aliphatic carbocycles. The second kappa shape index (κ2) is 8.29. The molecular weight excluding hydrogens is 382 g/mol. The van der Waals surface area contributed by atoms with Crippen molar-refractivity contribution in [3.05, 3.63) is 36.2 Å². The molecule has 10 heteroatoms. The van der Waals surface area contributed by atoms with Crippen LogP contribution in [0.15, 0.2) is 35.5 Å². The first kappa shape index (κ1) is 18.9. The van der Waals surface area contributed by atoms with E-state index in [-0.39, 0.29) is 11.4 Å². The van der Waals surface area contributed by atoms with E-state index < -0.39 is 10.0 Å². The van der Waals surface area contributed by atoms with Gasteiger partial charge in [-0.3, -0.25) is 0 Å². The fourth-order valence-electron chi connectivity index (χ4n) is 3.20. The molecule has 0 unspecified atom stereocenters. The van der Waals surface area contributed by atoms with Gasteiger partial charge in [0.2, 0.25) is 10.0 Å². The molecule has 2 aromatic rings. The van der Waals surface area contributed by atoms with E-state index in [9.17, 15) is 8.42 Å². The van der Waals surface area contributed by atoms with Crippen LogP contribution in [0, 0.1) is 0 Å². The fourth-order valence-corrected chi connectivity index (χ4v) is 4.28. The van der Waals surface area contributed by atoms with Gasteiger partial charge in [-0.2, -0.15) is 0 Å². The van der Waals surface area contributed by atoms with Crippen LogP contribution in [-0.4, -0.2) is 64.4 Å². The zero-order valence-corrected chi connectivity index (χ0v) is 16.2. The van der Waals surface area contributed by atoms with Crippen molar-refractivity contribution in [1.82, 2.24) is 14.7 Å². The highest BCUT2D eigenvalue weighted by Crippen LogP contribution is 2.27. The van der Waals surface area contributed by atoms with Crippen molar-refractivity contribution in [2.45, 2.75) is 11.3 Å². The van der Waals surface area contributed by atoms with E-state index >= 15 is 0 Å². The molecule has 2 aliphatic heterocycles. The van der Waals surface area contributed by atoms with Crippen LogP contribution in [0.3, 0.4) is 0 Å². The fraction of sp³-hybridized carbons (Fsp3) is 0.444. The average Bonchev–Trinajstić information content (AvgIpc) is 3.20. The van der Waals surface area contributed by atoms with Crippen LogP contribution < -0.4 is 19.7 Å². The molecule has 1 aromatic heterocycles. The first-order valence-electron chi connectivity index (χ1n) is 9.26. The minimum absolute atomic E-state index is 0.243. The number of benzene rings is 1. The average molecular weight is 405 g/mol. The Bertz CT molecular complexity index is 931. The number of fused-ring (bicyclic) bond motifs is 1. The number of nitrogens with zero attached hydrogens (tertiary/aromatic N) is 3. The van der Waals surface area contributed by atoms with Gasteiger partial charge in [0.25, 0.3) is 0 Å². The van der Waals surface area contributed by atoms with Gasteiger partial charge in [0.05, 0.1) is 24.7 Å². The second-order valence-electron chi connectivity index (χ2n) is 6.55. The van der Waals surface area contributed by atoms with Gasteiger partial charge in [-0.15, -0.1) is 0 Å². The lowest BCUT2D eigenvalue weighted by atomic mass is 10.2. The van der Waals surface area contributed by atoms with Crippen LogP contribution in [0.2, 0.25) is 0 Å². The van der Waals surface area contributed by atoms with Gasteiger partial charge in [0, 0.05) is 38.7 Å². The first-order valence-corrected chi connectivity index (χ1v) is 10.7. The number of rotatable bonds is 7. The van der Waals surface area contributed by atoms with Crippen molar-refractivity contribution < 1.29 is 17.9 Å². The number of aromatic nitrogens is 2. The molecule has 0 amide bonds. The Balaban J connectivity index is 1.30. The molecule has 9 nitrogen and oxygen atoms in total. The number of ether oxygens (including phenoxy) is 2. The highest BCUT2D eigenvalue weighted by atomic mass is 32.2. The zero-order chi connectivity index (χ0) is 19.4. The number of hydrogen-bond acceptors (Lipinski definition) is 8. The van der Waals surface area contributed by atoms with Crippen LogP contribution in [0.4, 0.5) is 11.6 Å². The third kappa shape index (κ3) is 4.34. The summed E-state index contributed by atoms with van der Waals surface area (Å²) in [5.74, 6) is 2.26. The molecule has 2 N–H and O–H groups in total. The Kier molecular flexibility index (Phi) is 5.60. The third-order valence-electron chi connectivity index (χ3n) is 4.68. The maximum absolute atomic E-state index is 12.5. The summed E-state index contributed by atoms with van der Waals surface area (Å²) < 4.78 is 38.3. The molecule has 0 bridgehead atoms. The lowest BCUT2D eigenvalue weighted by molar-refractivity contribution is 0.122. The van der Waals surface area contributed by atoms with Crippen molar-refractivity contribution in [3.8, 4) is 5.75 Å². The highest BCUT2D eigenvalue weighted by Gasteiger charge is 2.19. The Morgan fingerprint density at radius 3 is 2.79 bits per heavy atom. The molecule has 2 aliphatic rings. The third-order valence-corrected chi connectivity index (χ3v) is 6.14. The molecule has 3 heterocycles. The Labute approximate surface area is 164 Å². The summed E-state index contributed by atoms with van der Waals surface area (Å²) in [7, 11) is -3.56. The molecule has 0 radical (unpaired) electrons. The molecule has 4 rings (SSSR count). The summed E-state index contributed by atoms with van der Waals surface area (Å²) in [6, 6.07) is 6.82. The van der Waals surface area contributed by atoms with E-state index in [4.69, 9.17) is 9.47 Å². The number of anilines is 2. The molecule has 150 valence electrons. The molecular formula is C18H23N5O4S. The molecule has 1 fully saturated rings. The van der Waals surface area contributed by atoms with Gasteiger partial charge in [0.1, 0.15) is 23.7 Å². The number of sulfonamides is 1. The van der Waals surface area contributed by atoms with E-state index in [0.29, 0.717) is 32.2 Å². The normalized spacial score (nSPS) is 16.5. The molecule has 1 saturated heterocycles. The van der Waals surface area contributed by atoms with Crippen LogP contribution >= 0.6 is 0 Å². The molecule has 0 saturated carbocycles. The Morgan fingerprint density at radius 2 is 1.93 bits per heavy atom. The lowest BCUT2D eigenvalue weighted by Crippen LogP contribution is -2.36. The molecule has 28 heavy (non-hydrogen) atoms. The van der Waals surface area contributed by atoms with Gasteiger partial charge in [-0.25, -0.2) is 23.1 Å². The summed E-state index contributed by atoms with van der Waals surface area (Å²) in [6.07, 6.45) is 2.24. The van der Waals surface area contributed by atoms with E-state index in [1.807, 2.05) is 6.07 Å². The summed E-state index contributed by atoms with van der Waals surface area (Å²) >= 11 is 0. The minimum Gasteiger partial charge on any atom is -0.493 e. The minimum atomic E-state index is -3.56. The predicted molar refractivity (Wildman–Crippen MR) is 104 cm³/mol. The largest absolute Gasteiger partial charge is 0.493 e. The molecule has 0 atom stereocenters. The van der Waals surface area contributed by atoms with E-state index in [1.54, 1.807) is 18.2 Å². The van der Waals surface area contributed by atoms with E-state index in [1.165, 1.54) is 6.33 Å². The van der Waals surface area contributed by atoms with Crippen LogP contribution in [0.1, 0.15) is 5.56 Å². The monoisotopic (exact) mass is 405 g/mol. The quantitative estimate of drug-likeness (QED) is 0.647. The Morgan fingerprint density at radius 1 is 1.07 bits per heavy atom. The zero-order valence-electron chi connectivity index (χ0n) is 15.4. The van der Waals surface area contributed by atoms with E-state index in [2.05, 4.69) is 24.9 Å². The summed E-state index contributed by atoms with van der Waals surface area (Å²) in [5, 5.41) is 3.13. The highest BCUT2D eigenvalue weighted by molar-refractivity contribution is 7.89. The smallest absolute Gasteiger partial charge is 0.240 e. The van der Waals surface area contributed by atoms with Gasteiger partial charge in [0.15, 0.2) is 0 Å². The summed E-state index contributed by atoms with van der Waals surface area (Å²) in [5.41, 5.74) is 0.928. The van der Waals surface area contributed by atoms with Crippen molar-refractivity contribution in [2.24, 2.45) is 0 Å². The standard InChI is InChI=1S/C18H23N5O4S/c24-28(25,15-1-2-16-14(11-15)3-8-27-16)22-5-4-19-17-12-18(21-13-20-17)23-6-9-26-10-7-23/h1-2,11-13,22H,3-10H2,(H,19,20,21). The number of hydrogen-bond donors (Lipinski definition) is 2. The van der Waals surface area contributed by atoms with Crippen LogP contribution in [0.5, 0.6) is 5.75 Å². The summed E-state index contributed by atoms with van der Waals surface area (Å²) in [6.45, 7) is 4.21. The van der Waals surface area contributed by atoms with Crippen molar-refractivity contribution in [2.75, 3.05) is 56.2 Å². The van der Waals surface area contributed by atoms with Crippen molar-refractivity contribution >= 4 is 21.7 Å². The van der Waals surface area contributed by atoms with E-state index in [0.717, 1.165) is 36.6 Å². The lowest BCUT2D eigenvalue weighted by Gasteiger charge is -2.27. The van der Waals surface area contributed by atoms with Gasteiger partial charge in [-0.05, 0) is 23.8 Å². The first-order chi connectivity index (χ1) is 13.6. The maximum Gasteiger partial charge on any atom is 0.240 e. The van der Waals surface area contributed by atoms with Crippen LogP contribution in [0.25, 0.3) is 0 Å². The molecule has 1 aromatic carbocycles. The predicted octanol–water partition coefficient (Wildman–Crippen LogP) is 0.638. The van der Waals surface area contributed by atoms with Crippen molar-refractivity contribution in [3.63, 3.8) is 0 Å². The van der Waals surface area contributed by atoms with Gasteiger partial charge in [-0.1, -0.05) is 0 Å². The second-order valence-corrected chi connectivity index (χ2v) is 8.32. The Hall–Kier alpha value is -2.43. The topological polar surface area (TPSA) is 106 Å². The van der Waals surface area contributed by atoms with Crippen LogP contribution in [-0.2, 0) is 21.2 Å². The number of nitrogens with one attached hydrogen (secondary N) is 2. The number of morpholine rings is 1. The maximum atomic E-state index is 12.5. The molecule has 0 spiro atoms. The van der Waals surface area contributed by atoms with Gasteiger partial charge >= 0.3 is 0 Å². The van der Waals surface area contributed by atoms with Crippen molar-refractivity contribution in [1.29, 1.82) is 0 Å².